The molecule has 0 bridgehead atoms. The van der Waals surface area contributed by atoms with Gasteiger partial charge >= 0.3 is 0 Å². The summed E-state index contributed by atoms with van der Waals surface area (Å²) >= 11 is 0. The summed E-state index contributed by atoms with van der Waals surface area (Å²) in [7, 11) is 0. The van der Waals surface area contributed by atoms with Gasteiger partial charge in [0.05, 0.1) is 5.69 Å². The van der Waals surface area contributed by atoms with Crippen molar-refractivity contribution in [2.75, 3.05) is 11.5 Å². The molecule has 0 saturated heterocycles. The van der Waals surface area contributed by atoms with E-state index in [1.807, 2.05) is 6.07 Å². The van der Waals surface area contributed by atoms with Crippen LogP contribution in [0.4, 0.5) is 5.69 Å². The van der Waals surface area contributed by atoms with Crippen LogP contribution in [-0.4, -0.2) is 18.4 Å². The molecule has 16 heavy (non-hydrogen) atoms. The zero-order valence-corrected chi connectivity index (χ0v) is 8.90. The number of benzene rings is 1. The molecule has 0 aromatic heterocycles. The van der Waals surface area contributed by atoms with E-state index in [1.165, 1.54) is 6.92 Å². The number of hydrogen-bond acceptors (Lipinski definition) is 4. The standard InChI is InChI=1S/C11H12N2O3/c1-7(14)13-9-4-8(5-12)2-3-10(9)16-6-11(13)15/h2-4H,5-6,12H2,1H3. The number of amides is 2. The number of imide groups is 1. The maximum Gasteiger partial charge on any atom is 0.271 e. The van der Waals surface area contributed by atoms with Gasteiger partial charge < -0.3 is 10.5 Å². The molecule has 1 aliphatic heterocycles. The SMILES string of the molecule is CC(=O)N1C(=O)COc2ccc(CN)cc21. The van der Waals surface area contributed by atoms with Gasteiger partial charge in [0.15, 0.2) is 6.61 Å². The lowest BCUT2D eigenvalue weighted by molar-refractivity contribution is -0.127. The van der Waals surface area contributed by atoms with Crippen LogP contribution in [0.25, 0.3) is 0 Å². The molecule has 0 atom stereocenters. The van der Waals surface area contributed by atoms with Crippen molar-refractivity contribution in [3.63, 3.8) is 0 Å². The first-order valence-electron chi connectivity index (χ1n) is 4.93. The predicted octanol–water partition coefficient (Wildman–Crippen LogP) is 0.417. The van der Waals surface area contributed by atoms with Crippen molar-refractivity contribution in [1.29, 1.82) is 0 Å². The Bertz CT molecular complexity index is 457. The third-order valence-corrected chi connectivity index (χ3v) is 2.42. The maximum absolute atomic E-state index is 11.5. The number of carbonyl (C=O) groups excluding carboxylic acids is 2. The molecule has 84 valence electrons. The van der Waals surface area contributed by atoms with Crippen LogP contribution in [0.2, 0.25) is 0 Å². The normalized spacial score (nSPS) is 14.4. The number of hydrogen-bond donors (Lipinski definition) is 1. The van der Waals surface area contributed by atoms with Crippen LogP contribution in [0.15, 0.2) is 18.2 Å². The monoisotopic (exact) mass is 220 g/mol. The van der Waals surface area contributed by atoms with Gasteiger partial charge in [0.1, 0.15) is 5.75 Å². The Hall–Kier alpha value is -1.88. The number of nitrogens with zero attached hydrogens (tertiary/aromatic N) is 1. The number of carbonyl (C=O) groups is 2. The number of ether oxygens (including phenoxy) is 1. The van der Waals surface area contributed by atoms with Gasteiger partial charge in [-0.05, 0) is 17.7 Å². The predicted molar refractivity (Wildman–Crippen MR) is 58.0 cm³/mol. The van der Waals surface area contributed by atoms with Gasteiger partial charge in [-0.3, -0.25) is 9.59 Å². The summed E-state index contributed by atoms with van der Waals surface area (Å²) in [5.74, 6) is -0.134. The zero-order chi connectivity index (χ0) is 11.7. The van der Waals surface area contributed by atoms with Gasteiger partial charge in [-0.1, -0.05) is 6.07 Å². The molecule has 5 heteroatoms. The largest absolute Gasteiger partial charge is 0.482 e. The van der Waals surface area contributed by atoms with Crippen LogP contribution in [0.5, 0.6) is 5.75 Å². The van der Waals surface area contributed by atoms with Gasteiger partial charge in [-0.15, -0.1) is 0 Å². The molecule has 2 amide bonds. The molecular formula is C11H12N2O3. The highest BCUT2D eigenvalue weighted by atomic mass is 16.5. The Morgan fingerprint density at radius 1 is 1.56 bits per heavy atom. The molecule has 1 aromatic rings. The summed E-state index contributed by atoms with van der Waals surface area (Å²) in [6, 6.07) is 5.24. The summed E-state index contributed by atoms with van der Waals surface area (Å²) in [5, 5.41) is 0. The Morgan fingerprint density at radius 3 is 2.94 bits per heavy atom. The summed E-state index contributed by atoms with van der Waals surface area (Å²) in [6.07, 6.45) is 0. The average molecular weight is 220 g/mol. The molecule has 0 saturated carbocycles. The number of nitrogens with two attached hydrogens (primary N) is 1. The van der Waals surface area contributed by atoms with Crippen molar-refractivity contribution in [1.82, 2.24) is 0 Å². The molecule has 0 aliphatic carbocycles. The first kappa shape index (κ1) is 10.6. The molecule has 2 N–H and O–H groups in total. The first-order valence-corrected chi connectivity index (χ1v) is 4.93. The molecule has 0 fully saturated rings. The quantitative estimate of drug-likeness (QED) is 0.744. The van der Waals surface area contributed by atoms with E-state index in [-0.39, 0.29) is 18.4 Å². The molecule has 1 aromatic carbocycles. The smallest absolute Gasteiger partial charge is 0.271 e. The third-order valence-electron chi connectivity index (χ3n) is 2.42. The van der Waals surface area contributed by atoms with Crippen molar-refractivity contribution in [3.8, 4) is 5.75 Å². The molecule has 0 radical (unpaired) electrons. The Labute approximate surface area is 92.8 Å². The molecule has 0 spiro atoms. The van der Waals surface area contributed by atoms with E-state index in [0.29, 0.717) is 18.0 Å². The van der Waals surface area contributed by atoms with Crippen LogP contribution in [0.3, 0.4) is 0 Å². The minimum Gasteiger partial charge on any atom is -0.482 e. The fraction of sp³-hybridized carbons (Fsp3) is 0.273. The van der Waals surface area contributed by atoms with Crippen molar-refractivity contribution >= 4 is 17.5 Å². The molecule has 1 heterocycles. The fourth-order valence-corrected chi connectivity index (χ4v) is 1.67. The summed E-state index contributed by atoms with van der Waals surface area (Å²) < 4.78 is 5.23. The molecule has 0 unspecified atom stereocenters. The number of fused-ring (bicyclic) bond motifs is 1. The van der Waals surface area contributed by atoms with Gasteiger partial charge in [0.25, 0.3) is 5.91 Å². The number of anilines is 1. The van der Waals surface area contributed by atoms with Gasteiger partial charge in [0, 0.05) is 13.5 Å². The van der Waals surface area contributed by atoms with E-state index >= 15 is 0 Å². The van der Waals surface area contributed by atoms with Gasteiger partial charge in [-0.2, -0.15) is 0 Å². The van der Waals surface area contributed by atoms with E-state index in [9.17, 15) is 9.59 Å². The first-order chi connectivity index (χ1) is 7.63. The minimum atomic E-state index is -0.353. The Morgan fingerprint density at radius 2 is 2.31 bits per heavy atom. The lowest BCUT2D eigenvalue weighted by Gasteiger charge is -2.27. The Kier molecular flexibility index (Phi) is 2.62. The third kappa shape index (κ3) is 1.65. The van der Waals surface area contributed by atoms with Gasteiger partial charge in [-0.25, -0.2) is 4.90 Å². The van der Waals surface area contributed by atoms with Crippen LogP contribution >= 0.6 is 0 Å². The summed E-state index contributed by atoms with van der Waals surface area (Å²) in [4.78, 5) is 24.1. The lowest BCUT2D eigenvalue weighted by atomic mass is 10.1. The van der Waals surface area contributed by atoms with Crippen molar-refractivity contribution in [3.05, 3.63) is 23.8 Å². The summed E-state index contributed by atoms with van der Waals surface area (Å²) in [5.41, 5.74) is 6.84. The van der Waals surface area contributed by atoms with E-state index < -0.39 is 0 Å². The van der Waals surface area contributed by atoms with Crippen LogP contribution in [0.1, 0.15) is 12.5 Å². The van der Waals surface area contributed by atoms with Crippen LogP contribution < -0.4 is 15.4 Å². The summed E-state index contributed by atoms with van der Waals surface area (Å²) in [6.45, 7) is 1.60. The van der Waals surface area contributed by atoms with E-state index in [4.69, 9.17) is 10.5 Å². The highest BCUT2D eigenvalue weighted by Crippen LogP contribution is 2.32. The molecule has 5 nitrogen and oxygen atoms in total. The van der Waals surface area contributed by atoms with Crippen molar-refractivity contribution in [2.24, 2.45) is 5.73 Å². The molecular weight excluding hydrogens is 208 g/mol. The van der Waals surface area contributed by atoms with Crippen molar-refractivity contribution in [2.45, 2.75) is 13.5 Å². The van der Waals surface area contributed by atoms with E-state index in [1.54, 1.807) is 12.1 Å². The molecule has 2 rings (SSSR count). The van der Waals surface area contributed by atoms with Gasteiger partial charge in [0.2, 0.25) is 5.91 Å². The second-order valence-corrected chi connectivity index (χ2v) is 3.54. The highest BCUT2D eigenvalue weighted by Gasteiger charge is 2.28. The topological polar surface area (TPSA) is 72.6 Å². The second-order valence-electron chi connectivity index (χ2n) is 3.54. The minimum absolute atomic E-state index is 0.103. The van der Waals surface area contributed by atoms with E-state index in [2.05, 4.69) is 0 Å². The Balaban J connectivity index is 2.52. The lowest BCUT2D eigenvalue weighted by Crippen LogP contribution is -2.41. The van der Waals surface area contributed by atoms with E-state index in [0.717, 1.165) is 10.5 Å². The molecule has 1 aliphatic rings. The van der Waals surface area contributed by atoms with Crippen LogP contribution in [-0.2, 0) is 16.1 Å². The fourth-order valence-electron chi connectivity index (χ4n) is 1.67. The average Bonchev–Trinajstić information content (AvgIpc) is 2.27. The second kappa shape index (κ2) is 3.94. The van der Waals surface area contributed by atoms with Crippen molar-refractivity contribution < 1.29 is 14.3 Å². The van der Waals surface area contributed by atoms with Crippen LogP contribution in [0, 0.1) is 0 Å². The highest BCUT2D eigenvalue weighted by molar-refractivity contribution is 6.16. The zero-order valence-electron chi connectivity index (χ0n) is 8.90. The maximum atomic E-state index is 11.5. The number of rotatable bonds is 1.